The van der Waals surface area contributed by atoms with Gasteiger partial charge in [-0.1, -0.05) is 43.7 Å². The number of hydrogen-bond acceptors (Lipinski definition) is 5. The molecule has 6 nitrogen and oxygen atoms in total. The molecule has 0 fully saturated rings. The van der Waals surface area contributed by atoms with E-state index < -0.39 is 6.17 Å². The van der Waals surface area contributed by atoms with Crippen molar-refractivity contribution in [1.82, 2.24) is 10.1 Å². The lowest BCUT2D eigenvalue weighted by Crippen LogP contribution is -2.60. The van der Waals surface area contributed by atoms with Gasteiger partial charge in [0.05, 0.1) is 16.8 Å². The van der Waals surface area contributed by atoms with Crippen molar-refractivity contribution in [2.24, 2.45) is 0 Å². The lowest BCUT2D eigenvalue weighted by atomic mass is 10.0. The van der Waals surface area contributed by atoms with Gasteiger partial charge in [0.1, 0.15) is 0 Å². The highest BCUT2D eigenvalue weighted by Gasteiger charge is 2.44. The molecule has 0 saturated carbocycles. The summed E-state index contributed by atoms with van der Waals surface area (Å²) in [7, 11) is 0. The fourth-order valence-corrected chi connectivity index (χ4v) is 5.14. The predicted molar refractivity (Wildman–Crippen MR) is 116 cm³/mol. The summed E-state index contributed by atoms with van der Waals surface area (Å²) >= 11 is 3.11. The van der Waals surface area contributed by atoms with E-state index in [1.807, 2.05) is 41.1 Å². The maximum atomic E-state index is 13.1. The van der Waals surface area contributed by atoms with E-state index in [0.717, 1.165) is 36.3 Å². The van der Waals surface area contributed by atoms with Gasteiger partial charge in [0.2, 0.25) is 11.1 Å². The number of rotatable bonds is 6. The Morgan fingerprint density at radius 3 is 2.86 bits per heavy atom. The Balaban J connectivity index is 1.88. The number of fused-ring (bicyclic) bond motifs is 3. The average molecular weight is 428 g/mol. The molecule has 150 valence electrons. The topological polar surface area (TPSA) is 69.9 Å². The molecule has 1 amide bonds. The van der Waals surface area contributed by atoms with Gasteiger partial charge in [-0.3, -0.25) is 14.6 Å². The van der Waals surface area contributed by atoms with Crippen LogP contribution in [0.1, 0.15) is 44.8 Å². The lowest BCUT2D eigenvalue weighted by Gasteiger charge is -2.30. The van der Waals surface area contributed by atoms with Crippen LogP contribution in [0.25, 0.3) is 11.3 Å². The predicted octanol–water partition coefficient (Wildman–Crippen LogP) is 3.98. The smallest absolute Gasteiger partial charge is 0.291 e. The zero-order valence-electron chi connectivity index (χ0n) is 16.4. The molecule has 1 N–H and O–H groups in total. The number of carbonyl (C=O) groups is 1. The van der Waals surface area contributed by atoms with Crippen molar-refractivity contribution in [2.45, 2.75) is 44.4 Å². The Bertz CT molecular complexity index is 1080. The molecule has 4 rings (SSSR count). The van der Waals surface area contributed by atoms with Gasteiger partial charge >= 0.3 is 11.3 Å². The zero-order chi connectivity index (χ0) is 20.4. The zero-order valence-corrected chi connectivity index (χ0v) is 18.1. The van der Waals surface area contributed by atoms with Crippen LogP contribution in [0.4, 0.5) is 5.69 Å². The summed E-state index contributed by atoms with van der Waals surface area (Å²) in [5.41, 5.74) is 2.67. The van der Waals surface area contributed by atoms with E-state index in [1.54, 1.807) is 39.6 Å². The Labute approximate surface area is 177 Å². The van der Waals surface area contributed by atoms with Crippen LogP contribution in [0.2, 0.25) is 0 Å². The number of amides is 1. The Morgan fingerprint density at radius 1 is 1.31 bits per heavy atom. The molecule has 0 bridgehead atoms. The number of nitrogens with one attached hydrogen (secondary N) is 1. The SMILES string of the molecule is CCCCCSc1n[n+]2c(c(=O)[nH]1)-c1ccccc1N(C(C)=O)C2c1ccsc1. The van der Waals surface area contributed by atoms with Crippen LogP contribution in [-0.2, 0) is 4.79 Å². The minimum absolute atomic E-state index is 0.0916. The number of anilines is 1. The van der Waals surface area contributed by atoms with Crippen LogP contribution >= 0.6 is 23.1 Å². The first-order valence-electron chi connectivity index (χ1n) is 9.72. The van der Waals surface area contributed by atoms with Gasteiger partial charge < -0.3 is 0 Å². The Hall–Kier alpha value is -2.45. The van der Waals surface area contributed by atoms with Crippen molar-refractivity contribution < 1.29 is 9.48 Å². The number of aromatic amines is 1. The number of nitrogens with zero attached hydrogens (tertiary/aromatic N) is 3. The van der Waals surface area contributed by atoms with Crippen LogP contribution in [0.5, 0.6) is 0 Å². The molecule has 1 unspecified atom stereocenters. The maximum Gasteiger partial charge on any atom is 0.325 e. The number of thiophene rings is 1. The number of hydrogen-bond donors (Lipinski definition) is 1. The van der Waals surface area contributed by atoms with Crippen LogP contribution in [0, 0.1) is 0 Å². The number of aromatic nitrogens is 3. The minimum atomic E-state index is -0.485. The van der Waals surface area contributed by atoms with Gasteiger partial charge in [-0.15, -0.1) is 0 Å². The van der Waals surface area contributed by atoms with Gasteiger partial charge in [0.25, 0.3) is 6.17 Å². The number of benzene rings is 1. The van der Waals surface area contributed by atoms with Gasteiger partial charge in [-0.2, -0.15) is 11.3 Å². The second-order valence-corrected chi connectivity index (χ2v) is 8.81. The second-order valence-electron chi connectivity index (χ2n) is 6.94. The summed E-state index contributed by atoms with van der Waals surface area (Å²) in [6.07, 6.45) is 2.89. The van der Waals surface area contributed by atoms with Crippen molar-refractivity contribution in [3.05, 3.63) is 57.0 Å². The highest BCUT2D eigenvalue weighted by Crippen LogP contribution is 2.37. The summed E-state index contributed by atoms with van der Waals surface area (Å²) in [6.45, 7) is 3.72. The van der Waals surface area contributed by atoms with Gasteiger partial charge in [0, 0.05) is 23.2 Å². The standard InChI is InChI=1S/C21H22N4O2S2/c1-3-4-7-11-29-21-22-19(27)18-16-8-5-6-9-17(16)24(14(2)26)20(25(18)23-21)15-10-12-28-13-15/h5-6,8-10,12-13,20H,3-4,7,11H2,1-2H3/p+1. The number of H-pyrrole nitrogens is 1. The third kappa shape index (κ3) is 3.74. The minimum Gasteiger partial charge on any atom is -0.291 e. The van der Waals surface area contributed by atoms with Crippen LogP contribution in [0.15, 0.2) is 51.0 Å². The molecule has 0 radical (unpaired) electrons. The van der Waals surface area contributed by atoms with E-state index in [2.05, 4.69) is 11.9 Å². The van der Waals surface area contributed by atoms with E-state index in [9.17, 15) is 9.59 Å². The van der Waals surface area contributed by atoms with Crippen molar-refractivity contribution >= 4 is 34.7 Å². The number of thioether (sulfide) groups is 1. The van der Waals surface area contributed by atoms with Gasteiger partial charge in [-0.25, -0.2) is 4.90 Å². The molecule has 3 heterocycles. The fourth-order valence-electron chi connectivity index (χ4n) is 3.62. The van der Waals surface area contributed by atoms with E-state index in [0.29, 0.717) is 16.4 Å². The number of para-hydroxylation sites is 1. The molecule has 0 saturated heterocycles. The summed E-state index contributed by atoms with van der Waals surface area (Å²) in [4.78, 5) is 30.4. The molecule has 1 aromatic carbocycles. The first-order chi connectivity index (χ1) is 14.1. The lowest BCUT2D eigenvalue weighted by molar-refractivity contribution is -0.763. The summed E-state index contributed by atoms with van der Waals surface area (Å²) in [5, 5.41) is 9.33. The van der Waals surface area contributed by atoms with Crippen molar-refractivity contribution in [3.63, 3.8) is 0 Å². The van der Waals surface area contributed by atoms with Crippen LogP contribution in [-0.4, -0.2) is 21.7 Å². The molecule has 29 heavy (non-hydrogen) atoms. The first-order valence-corrected chi connectivity index (χ1v) is 11.6. The normalized spacial score (nSPS) is 15.1. The number of carbonyl (C=O) groups excluding carboxylic acids is 1. The van der Waals surface area contributed by atoms with Crippen LogP contribution in [0.3, 0.4) is 0 Å². The largest absolute Gasteiger partial charge is 0.325 e. The molecule has 1 aliphatic heterocycles. The summed E-state index contributed by atoms with van der Waals surface area (Å²) in [6, 6.07) is 9.49. The molecular formula is C21H23N4O2S2+. The molecule has 3 aromatic rings. The molecule has 0 aliphatic carbocycles. The van der Waals surface area contributed by atoms with E-state index in [4.69, 9.17) is 5.10 Å². The van der Waals surface area contributed by atoms with E-state index >= 15 is 0 Å². The summed E-state index contributed by atoms with van der Waals surface area (Å²) in [5.74, 6) is 0.803. The third-order valence-corrected chi connectivity index (χ3v) is 6.58. The van der Waals surface area contributed by atoms with Crippen molar-refractivity contribution in [2.75, 3.05) is 10.7 Å². The quantitative estimate of drug-likeness (QED) is 0.367. The maximum absolute atomic E-state index is 13.1. The van der Waals surface area contributed by atoms with Crippen LogP contribution < -0.4 is 15.1 Å². The van der Waals surface area contributed by atoms with E-state index in [-0.39, 0.29) is 11.5 Å². The summed E-state index contributed by atoms with van der Waals surface area (Å²) < 4.78 is 1.72. The second kappa shape index (κ2) is 8.51. The molecule has 0 spiro atoms. The molecule has 1 atom stereocenters. The number of unbranched alkanes of at least 4 members (excludes halogenated alkanes) is 2. The third-order valence-electron chi connectivity index (χ3n) is 4.93. The fraction of sp³-hybridized carbons (Fsp3) is 0.333. The first kappa shape index (κ1) is 19.8. The average Bonchev–Trinajstić information content (AvgIpc) is 3.24. The molecule has 2 aromatic heterocycles. The highest BCUT2D eigenvalue weighted by molar-refractivity contribution is 7.99. The molecule has 8 heteroatoms. The van der Waals surface area contributed by atoms with Gasteiger partial charge in [-0.05, 0) is 34.7 Å². The molecule has 1 aliphatic rings. The molecular weight excluding hydrogens is 404 g/mol. The van der Waals surface area contributed by atoms with Crippen molar-refractivity contribution in [1.29, 1.82) is 0 Å². The Morgan fingerprint density at radius 2 is 2.14 bits per heavy atom. The van der Waals surface area contributed by atoms with Crippen molar-refractivity contribution in [3.8, 4) is 11.3 Å². The monoisotopic (exact) mass is 427 g/mol. The Kier molecular flexibility index (Phi) is 5.82. The van der Waals surface area contributed by atoms with E-state index in [1.165, 1.54) is 0 Å². The van der Waals surface area contributed by atoms with Gasteiger partial charge in [0.15, 0.2) is 0 Å². The highest BCUT2D eigenvalue weighted by atomic mass is 32.2.